The molecule has 0 aromatic heterocycles. The SMILES string of the molecule is CN1CCCC(O)(Cc2cccc(C(F)(F)F)c2)C1. The maximum absolute atomic E-state index is 12.6. The summed E-state index contributed by atoms with van der Waals surface area (Å²) in [5.41, 5.74) is -1.04. The molecule has 1 aliphatic heterocycles. The smallest absolute Gasteiger partial charge is 0.388 e. The van der Waals surface area contributed by atoms with Crippen LogP contribution in [0.25, 0.3) is 0 Å². The van der Waals surface area contributed by atoms with Gasteiger partial charge in [0.05, 0.1) is 11.2 Å². The van der Waals surface area contributed by atoms with Crippen LogP contribution in [0.2, 0.25) is 0 Å². The Morgan fingerprint density at radius 3 is 2.74 bits per heavy atom. The van der Waals surface area contributed by atoms with Crippen LogP contribution in [0.5, 0.6) is 0 Å². The van der Waals surface area contributed by atoms with Crippen LogP contribution in [0.15, 0.2) is 24.3 Å². The summed E-state index contributed by atoms with van der Waals surface area (Å²) in [6.07, 6.45) is -2.57. The number of piperidine rings is 1. The number of aliphatic hydroxyl groups is 1. The van der Waals surface area contributed by atoms with Crippen LogP contribution < -0.4 is 0 Å². The Morgan fingerprint density at radius 1 is 1.37 bits per heavy atom. The number of β-amino-alcohol motifs (C(OH)–C–C–N with tert-alkyl or cyclic N) is 1. The van der Waals surface area contributed by atoms with Crippen molar-refractivity contribution in [3.05, 3.63) is 35.4 Å². The molecule has 0 amide bonds. The van der Waals surface area contributed by atoms with E-state index < -0.39 is 17.3 Å². The van der Waals surface area contributed by atoms with E-state index in [0.29, 0.717) is 18.5 Å². The average molecular weight is 273 g/mol. The van der Waals surface area contributed by atoms with E-state index in [0.717, 1.165) is 25.1 Å². The monoisotopic (exact) mass is 273 g/mol. The highest BCUT2D eigenvalue weighted by Gasteiger charge is 2.34. The molecule has 19 heavy (non-hydrogen) atoms. The van der Waals surface area contributed by atoms with Gasteiger partial charge in [0.1, 0.15) is 0 Å². The van der Waals surface area contributed by atoms with Crippen molar-refractivity contribution in [1.82, 2.24) is 4.90 Å². The molecule has 0 radical (unpaired) electrons. The molecule has 1 N–H and O–H groups in total. The average Bonchev–Trinajstić information content (AvgIpc) is 2.27. The van der Waals surface area contributed by atoms with Crippen LogP contribution in [0, 0.1) is 0 Å². The van der Waals surface area contributed by atoms with Gasteiger partial charge in [0.25, 0.3) is 0 Å². The third-order valence-electron chi connectivity index (χ3n) is 3.53. The minimum atomic E-state index is -4.33. The number of rotatable bonds is 2. The number of likely N-dealkylation sites (tertiary alicyclic amines) is 1. The van der Waals surface area contributed by atoms with Gasteiger partial charge in [-0.15, -0.1) is 0 Å². The van der Waals surface area contributed by atoms with Crippen molar-refractivity contribution in [3.63, 3.8) is 0 Å². The number of hydrogen-bond acceptors (Lipinski definition) is 2. The van der Waals surface area contributed by atoms with Crippen LogP contribution in [0.1, 0.15) is 24.0 Å². The first-order valence-corrected chi connectivity index (χ1v) is 6.36. The summed E-state index contributed by atoms with van der Waals surface area (Å²) in [6, 6.07) is 5.23. The molecule has 0 bridgehead atoms. The zero-order valence-electron chi connectivity index (χ0n) is 10.9. The fourth-order valence-electron chi connectivity index (χ4n) is 2.72. The molecule has 2 rings (SSSR count). The molecule has 0 spiro atoms. The van der Waals surface area contributed by atoms with Crippen LogP contribution in [0.4, 0.5) is 13.2 Å². The molecular weight excluding hydrogens is 255 g/mol. The predicted octanol–water partition coefficient (Wildman–Crippen LogP) is 2.70. The molecule has 106 valence electrons. The Kier molecular flexibility index (Phi) is 3.87. The normalized spacial score (nSPS) is 25.5. The molecular formula is C14H18F3NO. The van der Waals surface area contributed by atoms with Gasteiger partial charge in [-0.05, 0) is 38.1 Å². The summed E-state index contributed by atoms with van der Waals surface area (Å²) >= 11 is 0. The minimum Gasteiger partial charge on any atom is -0.388 e. The molecule has 5 heteroatoms. The van der Waals surface area contributed by atoms with E-state index in [1.165, 1.54) is 6.07 Å². The topological polar surface area (TPSA) is 23.5 Å². The quantitative estimate of drug-likeness (QED) is 0.895. The number of halogens is 3. The minimum absolute atomic E-state index is 0.265. The fraction of sp³-hybridized carbons (Fsp3) is 0.571. The second-order valence-electron chi connectivity index (χ2n) is 5.44. The van der Waals surface area contributed by atoms with Gasteiger partial charge in [0, 0.05) is 13.0 Å². The van der Waals surface area contributed by atoms with E-state index in [2.05, 4.69) is 0 Å². The standard InChI is InChI=1S/C14H18F3NO/c1-18-7-3-6-13(19,10-18)9-11-4-2-5-12(8-11)14(15,16)17/h2,4-5,8,19H,3,6-7,9-10H2,1H3. The number of likely N-dealkylation sites (N-methyl/N-ethyl adjacent to an activating group) is 1. The Bertz CT molecular complexity index is 447. The zero-order valence-corrected chi connectivity index (χ0v) is 10.9. The largest absolute Gasteiger partial charge is 0.416 e. The van der Waals surface area contributed by atoms with E-state index in [9.17, 15) is 18.3 Å². The number of nitrogens with zero attached hydrogens (tertiary/aromatic N) is 1. The van der Waals surface area contributed by atoms with Crippen molar-refractivity contribution in [3.8, 4) is 0 Å². The highest BCUT2D eigenvalue weighted by Crippen LogP contribution is 2.31. The van der Waals surface area contributed by atoms with Gasteiger partial charge >= 0.3 is 6.18 Å². The zero-order chi connectivity index (χ0) is 14.1. The number of benzene rings is 1. The van der Waals surface area contributed by atoms with E-state index in [1.807, 2.05) is 11.9 Å². The van der Waals surface area contributed by atoms with Crippen molar-refractivity contribution < 1.29 is 18.3 Å². The van der Waals surface area contributed by atoms with E-state index >= 15 is 0 Å². The molecule has 0 aliphatic carbocycles. The van der Waals surface area contributed by atoms with Gasteiger partial charge in [-0.3, -0.25) is 0 Å². The second kappa shape index (κ2) is 5.13. The lowest BCUT2D eigenvalue weighted by atomic mass is 9.86. The fourth-order valence-corrected chi connectivity index (χ4v) is 2.72. The summed E-state index contributed by atoms with van der Waals surface area (Å²) in [5, 5.41) is 10.5. The predicted molar refractivity (Wildman–Crippen MR) is 66.8 cm³/mol. The van der Waals surface area contributed by atoms with Gasteiger partial charge in [0.15, 0.2) is 0 Å². The second-order valence-corrected chi connectivity index (χ2v) is 5.44. The van der Waals surface area contributed by atoms with E-state index in [-0.39, 0.29) is 6.42 Å². The molecule has 1 fully saturated rings. The van der Waals surface area contributed by atoms with Gasteiger partial charge in [-0.1, -0.05) is 18.2 Å². The third-order valence-corrected chi connectivity index (χ3v) is 3.53. The van der Waals surface area contributed by atoms with Crippen LogP contribution in [-0.2, 0) is 12.6 Å². The lowest BCUT2D eigenvalue weighted by Gasteiger charge is -2.37. The van der Waals surface area contributed by atoms with Crippen LogP contribution in [-0.4, -0.2) is 35.7 Å². The summed E-state index contributed by atoms with van der Waals surface area (Å²) in [5.74, 6) is 0. The Balaban J connectivity index is 2.15. The van der Waals surface area contributed by atoms with Crippen molar-refractivity contribution in [2.24, 2.45) is 0 Å². The van der Waals surface area contributed by atoms with Gasteiger partial charge in [-0.25, -0.2) is 0 Å². The molecule has 1 atom stereocenters. The lowest BCUT2D eigenvalue weighted by molar-refractivity contribution is -0.137. The van der Waals surface area contributed by atoms with E-state index in [1.54, 1.807) is 6.07 Å². The van der Waals surface area contributed by atoms with Crippen LogP contribution >= 0.6 is 0 Å². The highest BCUT2D eigenvalue weighted by molar-refractivity contribution is 5.27. The number of alkyl halides is 3. The third kappa shape index (κ3) is 3.70. The summed E-state index contributed by atoms with van der Waals surface area (Å²) in [6.45, 7) is 1.42. The molecule has 1 saturated heterocycles. The molecule has 0 saturated carbocycles. The Hall–Kier alpha value is -1.07. The van der Waals surface area contributed by atoms with Crippen molar-refractivity contribution in [2.75, 3.05) is 20.1 Å². The molecule has 1 aromatic rings. The Labute approximate surface area is 110 Å². The molecule has 2 nitrogen and oxygen atoms in total. The lowest BCUT2D eigenvalue weighted by Crippen LogP contribution is -2.47. The van der Waals surface area contributed by atoms with E-state index in [4.69, 9.17) is 0 Å². The van der Waals surface area contributed by atoms with Crippen molar-refractivity contribution in [1.29, 1.82) is 0 Å². The van der Waals surface area contributed by atoms with Gasteiger partial charge in [0.2, 0.25) is 0 Å². The summed E-state index contributed by atoms with van der Waals surface area (Å²) in [4.78, 5) is 2.01. The van der Waals surface area contributed by atoms with Gasteiger partial charge in [-0.2, -0.15) is 13.2 Å². The highest BCUT2D eigenvalue weighted by atomic mass is 19.4. The first kappa shape index (κ1) is 14.3. The maximum Gasteiger partial charge on any atom is 0.416 e. The van der Waals surface area contributed by atoms with Crippen molar-refractivity contribution >= 4 is 0 Å². The molecule has 1 aromatic carbocycles. The molecule has 1 heterocycles. The Morgan fingerprint density at radius 2 is 2.11 bits per heavy atom. The van der Waals surface area contributed by atoms with Gasteiger partial charge < -0.3 is 10.0 Å². The van der Waals surface area contributed by atoms with Crippen LogP contribution in [0.3, 0.4) is 0 Å². The number of hydrogen-bond donors (Lipinski definition) is 1. The summed E-state index contributed by atoms with van der Waals surface area (Å²) < 4.78 is 37.9. The molecule has 1 aliphatic rings. The first-order chi connectivity index (χ1) is 8.78. The molecule has 1 unspecified atom stereocenters. The first-order valence-electron chi connectivity index (χ1n) is 6.36. The summed E-state index contributed by atoms with van der Waals surface area (Å²) in [7, 11) is 1.91. The van der Waals surface area contributed by atoms with Crippen molar-refractivity contribution in [2.45, 2.75) is 31.0 Å². The maximum atomic E-state index is 12.6.